The number of halogens is 1. The molecule has 0 saturated heterocycles. The summed E-state index contributed by atoms with van der Waals surface area (Å²) < 4.78 is 39.9. The summed E-state index contributed by atoms with van der Waals surface area (Å²) >= 11 is 6.02. The van der Waals surface area contributed by atoms with Crippen molar-refractivity contribution >= 4 is 83.7 Å². The normalized spacial score (nSPS) is 11.8. The largest absolute Gasteiger partial charge is 0.506 e. The van der Waals surface area contributed by atoms with Crippen LogP contribution in [0.1, 0.15) is 10.4 Å². The Bertz CT molecular complexity index is 2530. The van der Waals surface area contributed by atoms with Crippen LogP contribution in [-0.2, 0) is 14.9 Å². The summed E-state index contributed by atoms with van der Waals surface area (Å²) in [5.74, 6) is -2.46. The Kier molecular flexibility index (Phi) is 9.55. The van der Waals surface area contributed by atoms with E-state index in [1.807, 2.05) is 0 Å². The molecule has 0 aliphatic rings. The maximum absolute atomic E-state index is 13.1. The Morgan fingerprint density at radius 2 is 1.61 bits per heavy atom. The van der Waals surface area contributed by atoms with E-state index in [0.717, 1.165) is 6.07 Å². The first-order valence-electron chi connectivity index (χ1n) is 14.6. The summed E-state index contributed by atoms with van der Waals surface area (Å²) in [5.41, 5.74) is 1.13. The predicted octanol–water partition coefficient (Wildman–Crippen LogP) is 8.25. The van der Waals surface area contributed by atoms with Gasteiger partial charge in [0.25, 0.3) is 16.0 Å². The summed E-state index contributed by atoms with van der Waals surface area (Å²) in [7, 11) is -4.98. The second-order valence-electron chi connectivity index (χ2n) is 10.7. The minimum atomic E-state index is -4.98. The van der Waals surface area contributed by atoms with Gasteiger partial charge in [-0.1, -0.05) is 11.6 Å². The maximum atomic E-state index is 13.1. The smallest absolute Gasteiger partial charge is 0.341 e. The first kappa shape index (κ1) is 34.4. The summed E-state index contributed by atoms with van der Waals surface area (Å²) in [6, 6.07) is 22.1. The third kappa shape index (κ3) is 7.73. The van der Waals surface area contributed by atoms with Gasteiger partial charge in [0.1, 0.15) is 33.3 Å². The molecule has 0 aliphatic carbocycles. The minimum Gasteiger partial charge on any atom is -0.506 e. The predicted molar refractivity (Wildman–Crippen MR) is 186 cm³/mol. The average molecular weight is 727 g/mol. The number of phenolic OH excluding ortho intramolecular Hbond substituents is 2. The first-order chi connectivity index (χ1) is 24.4. The molecule has 256 valence electrons. The highest BCUT2D eigenvalue weighted by atomic mass is 35.5. The molecule has 5 aromatic carbocycles. The van der Waals surface area contributed by atoms with Gasteiger partial charge in [0.15, 0.2) is 12.4 Å². The van der Waals surface area contributed by atoms with Crippen molar-refractivity contribution in [2.24, 2.45) is 20.5 Å². The lowest BCUT2D eigenvalue weighted by Gasteiger charge is -2.11. The molecule has 0 unspecified atom stereocenters. The third-order valence-electron chi connectivity index (χ3n) is 7.24. The van der Waals surface area contributed by atoms with Crippen molar-refractivity contribution < 1.29 is 42.6 Å². The number of carbonyl (C=O) groups is 2. The van der Waals surface area contributed by atoms with E-state index in [0.29, 0.717) is 22.3 Å². The monoisotopic (exact) mass is 726 g/mol. The van der Waals surface area contributed by atoms with Crippen LogP contribution in [0.15, 0.2) is 123 Å². The number of nitrogens with one attached hydrogen (secondary N) is 1. The second-order valence-corrected chi connectivity index (χ2v) is 12.5. The lowest BCUT2D eigenvalue weighted by molar-refractivity contribution is -0.139. The van der Waals surface area contributed by atoms with E-state index in [1.54, 1.807) is 36.5 Å². The molecule has 0 radical (unpaired) electrons. The van der Waals surface area contributed by atoms with Gasteiger partial charge in [-0.3, -0.25) is 14.3 Å². The van der Waals surface area contributed by atoms with E-state index in [9.17, 15) is 32.8 Å². The van der Waals surface area contributed by atoms with E-state index in [2.05, 4.69) is 30.8 Å². The van der Waals surface area contributed by atoms with Crippen LogP contribution in [0.5, 0.6) is 17.2 Å². The van der Waals surface area contributed by atoms with Crippen molar-refractivity contribution in [3.63, 3.8) is 0 Å². The fourth-order valence-corrected chi connectivity index (χ4v) is 5.71. The van der Waals surface area contributed by atoms with Gasteiger partial charge in [-0.15, -0.1) is 15.3 Å². The molecule has 17 heteroatoms. The lowest BCUT2D eigenvalue weighted by Crippen LogP contribution is -2.11. The number of aliphatic carboxylic acids is 1. The summed E-state index contributed by atoms with van der Waals surface area (Å²) in [5, 5.41) is 49.9. The highest BCUT2D eigenvalue weighted by Crippen LogP contribution is 2.43. The number of rotatable bonds is 10. The van der Waals surface area contributed by atoms with Crippen LogP contribution < -0.4 is 10.1 Å². The van der Waals surface area contributed by atoms with Gasteiger partial charge in [-0.05, 0) is 96.4 Å². The van der Waals surface area contributed by atoms with Crippen LogP contribution in [0.25, 0.3) is 21.7 Å². The Morgan fingerprint density at radius 3 is 2.35 bits per heavy atom. The fourth-order valence-electron chi connectivity index (χ4n) is 4.88. The molecule has 15 nitrogen and oxygen atoms in total. The molecule has 5 N–H and O–H groups in total. The number of hydrogen-bond donors (Lipinski definition) is 5. The van der Waals surface area contributed by atoms with E-state index in [-0.39, 0.29) is 44.2 Å². The molecule has 51 heavy (non-hydrogen) atoms. The summed E-state index contributed by atoms with van der Waals surface area (Å²) in [4.78, 5) is 27.4. The van der Waals surface area contributed by atoms with Gasteiger partial charge in [-0.2, -0.15) is 13.5 Å². The van der Waals surface area contributed by atoms with Gasteiger partial charge in [0.2, 0.25) is 0 Å². The highest BCUT2D eigenvalue weighted by Gasteiger charge is 2.23. The molecule has 1 aromatic heterocycles. The van der Waals surface area contributed by atoms with Crippen LogP contribution in [-0.4, -0.2) is 51.8 Å². The molecular weight excluding hydrogens is 704 g/mol. The van der Waals surface area contributed by atoms with E-state index in [1.165, 1.54) is 54.6 Å². The number of anilines is 1. The third-order valence-corrected chi connectivity index (χ3v) is 8.35. The number of carboxylic acid groups (broad SMARTS) is 1. The Hall–Kier alpha value is -6.49. The molecular formula is C34H23ClN6O9S. The maximum Gasteiger partial charge on any atom is 0.341 e. The van der Waals surface area contributed by atoms with Crippen LogP contribution >= 0.6 is 11.6 Å². The summed E-state index contributed by atoms with van der Waals surface area (Å²) in [6.45, 7) is -0.712. The number of aromatic nitrogens is 1. The number of hydrogen-bond acceptors (Lipinski definition) is 12. The highest BCUT2D eigenvalue weighted by molar-refractivity contribution is 7.86. The van der Waals surface area contributed by atoms with Gasteiger partial charge < -0.3 is 25.4 Å². The second kappa shape index (κ2) is 14.2. The number of pyridine rings is 1. The van der Waals surface area contributed by atoms with Crippen molar-refractivity contribution in [2.45, 2.75) is 4.90 Å². The number of carbonyl (C=O) groups excluding carboxylic acids is 1. The molecule has 0 saturated carbocycles. The van der Waals surface area contributed by atoms with Gasteiger partial charge in [0, 0.05) is 33.2 Å². The van der Waals surface area contributed by atoms with Crippen LogP contribution in [0.2, 0.25) is 5.02 Å². The van der Waals surface area contributed by atoms with Crippen LogP contribution in [0.4, 0.5) is 28.4 Å². The standard InChI is InChI=1S/C34H23ClN6O9S/c35-20-5-12-28(50-17-30(43)44)26(16-20)40-41-32-29(51(47,48)49)15-19-14-22(8-9-23(19)33(32)45)37-34(46)18-3-6-21(7-4-18)38-39-25-10-11-27(42)31-24(25)2-1-13-36-31/h1-16,42,45H,17H2,(H,37,46)(H,43,44)(H,47,48,49). The van der Waals surface area contributed by atoms with E-state index < -0.39 is 44.9 Å². The number of fused-ring (bicyclic) bond motifs is 2. The number of amides is 1. The van der Waals surface area contributed by atoms with Gasteiger partial charge >= 0.3 is 5.97 Å². The average Bonchev–Trinajstić information content (AvgIpc) is 3.10. The lowest BCUT2D eigenvalue weighted by atomic mass is 10.1. The van der Waals surface area contributed by atoms with Crippen molar-refractivity contribution in [1.82, 2.24) is 4.98 Å². The van der Waals surface area contributed by atoms with Crippen molar-refractivity contribution in [3.05, 3.63) is 108 Å². The van der Waals surface area contributed by atoms with Crippen molar-refractivity contribution in [2.75, 3.05) is 11.9 Å². The molecule has 0 spiro atoms. The molecule has 0 fully saturated rings. The summed E-state index contributed by atoms with van der Waals surface area (Å²) in [6.07, 6.45) is 1.56. The minimum absolute atomic E-state index is 0.0185. The molecule has 0 aliphatic heterocycles. The zero-order valence-corrected chi connectivity index (χ0v) is 27.4. The van der Waals surface area contributed by atoms with Crippen LogP contribution in [0, 0.1) is 0 Å². The first-order valence-corrected chi connectivity index (χ1v) is 16.4. The molecule has 6 rings (SSSR count). The number of benzene rings is 5. The van der Waals surface area contributed by atoms with E-state index in [4.69, 9.17) is 21.4 Å². The van der Waals surface area contributed by atoms with Crippen molar-refractivity contribution in [3.8, 4) is 17.2 Å². The van der Waals surface area contributed by atoms with E-state index >= 15 is 0 Å². The molecule has 6 aromatic rings. The topological polar surface area (TPSA) is 233 Å². The fraction of sp³-hybridized carbons (Fsp3) is 0.0294. The molecule has 0 bridgehead atoms. The number of ether oxygens (including phenoxy) is 1. The number of nitrogens with zero attached hydrogens (tertiary/aromatic N) is 5. The van der Waals surface area contributed by atoms with Gasteiger partial charge in [0.05, 0.1) is 11.4 Å². The van der Waals surface area contributed by atoms with Gasteiger partial charge in [-0.25, -0.2) is 4.79 Å². The number of azo groups is 2. The number of aromatic hydroxyl groups is 2. The molecule has 1 heterocycles. The molecule has 0 atom stereocenters. The SMILES string of the molecule is O=C(O)COc1ccc(Cl)cc1N=Nc1c(S(=O)(=O)O)cc2cc(NC(=O)c3ccc(N=Nc4ccc(O)c5ncccc45)cc3)ccc2c1O. The molecule has 1 amide bonds. The zero-order valence-electron chi connectivity index (χ0n) is 25.8. The Morgan fingerprint density at radius 1 is 0.843 bits per heavy atom. The van der Waals surface area contributed by atoms with Crippen molar-refractivity contribution in [1.29, 1.82) is 0 Å². The Balaban J connectivity index is 1.24. The Labute approximate surface area is 292 Å². The zero-order chi connectivity index (χ0) is 36.3. The van der Waals surface area contributed by atoms with Crippen LogP contribution in [0.3, 0.4) is 0 Å². The number of carboxylic acids is 1. The quantitative estimate of drug-likeness (QED) is 0.0669. The number of phenols is 2.